The Labute approximate surface area is 100 Å². The van der Waals surface area contributed by atoms with Gasteiger partial charge in [-0.05, 0) is 25.3 Å². The van der Waals surface area contributed by atoms with E-state index < -0.39 is 0 Å². The number of alkyl halides is 1. The molecule has 0 aliphatic rings. The molecule has 0 radical (unpaired) electrons. The number of ketones is 1. The number of hydrogen-bond acceptors (Lipinski definition) is 1. The molecule has 15 heavy (non-hydrogen) atoms. The van der Waals surface area contributed by atoms with Crippen LogP contribution >= 0.6 is 15.9 Å². The number of benzene rings is 1. The highest BCUT2D eigenvalue weighted by molar-refractivity contribution is 9.10. The Kier molecular flexibility index (Phi) is 5.03. The van der Waals surface area contributed by atoms with Gasteiger partial charge in [0.15, 0.2) is 5.78 Å². The van der Waals surface area contributed by atoms with Crippen LogP contribution in [0.25, 0.3) is 0 Å². The molecule has 1 unspecified atom stereocenters. The first-order valence-corrected chi connectivity index (χ1v) is 6.34. The van der Waals surface area contributed by atoms with Gasteiger partial charge < -0.3 is 0 Å². The lowest BCUT2D eigenvalue weighted by Crippen LogP contribution is -2.09. The summed E-state index contributed by atoms with van der Waals surface area (Å²) in [5, 5.41) is 0. The van der Waals surface area contributed by atoms with E-state index >= 15 is 0 Å². The Morgan fingerprint density at radius 1 is 1.33 bits per heavy atom. The van der Waals surface area contributed by atoms with Gasteiger partial charge in [0.2, 0.25) is 0 Å². The molecule has 1 nitrogen and oxygen atoms in total. The van der Waals surface area contributed by atoms with E-state index in [1.54, 1.807) is 0 Å². The number of rotatable bonds is 5. The van der Waals surface area contributed by atoms with Crippen LogP contribution in [0.1, 0.15) is 42.6 Å². The van der Waals surface area contributed by atoms with Gasteiger partial charge in [0.05, 0.1) is 4.83 Å². The zero-order valence-electron chi connectivity index (χ0n) is 9.29. The van der Waals surface area contributed by atoms with E-state index in [0.29, 0.717) is 0 Å². The van der Waals surface area contributed by atoms with Crippen molar-refractivity contribution in [1.82, 2.24) is 0 Å². The molecule has 0 saturated heterocycles. The summed E-state index contributed by atoms with van der Waals surface area (Å²) < 4.78 is 0. The minimum Gasteiger partial charge on any atom is -0.293 e. The number of aryl methyl sites for hydroxylation is 1. The highest BCUT2D eigenvalue weighted by Crippen LogP contribution is 2.12. The van der Waals surface area contributed by atoms with Gasteiger partial charge in [0.25, 0.3) is 0 Å². The minimum absolute atomic E-state index is 0.0982. The summed E-state index contributed by atoms with van der Waals surface area (Å²) in [5.41, 5.74) is 2.11. The van der Waals surface area contributed by atoms with Crippen LogP contribution in [0.5, 0.6) is 0 Å². The van der Waals surface area contributed by atoms with Crippen molar-refractivity contribution >= 4 is 21.7 Å². The summed E-state index contributed by atoms with van der Waals surface area (Å²) in [6.07, 6.45) is 3.52. The van der Waals surface area contributed by atoms with Crippen LogP contribution in [-0.2, 0) is 6.42 Å². The predicted octanol–water partition coefficient (Wildman–Crippen LogP) is 4.00. The lowest BCUT2D eigenvalue weighted by molar-refractivity contribution is 0.0996. The van der Waals surface area contributed by atoms with Gasteiger partial charge in [0, 0.05) is 5.56 Å². The summed E-state index contributed by atoms with van der Waals surface area (Å²) in [6, 6.07) is 7.95. The average molecular weight is 269 g/mol. The maximum absolute atomic E-state index is 11.6. The Balaban J connectivity index is 2.68. The van der Waals surface area contributed by atoms with E-state index in [1.807, 2.05) is 19.1 Å². The Hall–Kier alpha value is -0.630. The molecule has 1 aromatic carbocycles. The second-order valence-electron chi connectivity index (χ2n) is 3.78. The zero-order chi connectivity index (χ0) is 11.3. The highest BCUT2D eigenvalue weighted by atomic mass is 79.9. The second kappa shape index (κ2) is 6.06. The van der Waals surface area contributed by atoms with Crippen molar-refractivity contribution < 1.29 is 4.79 Å². The normalized spacial score (nSPS) is 12.5. The number of halogens is 1. The molecule has 0 spiro atoms. The van der Waals surface area contributed by atoms with Gasteiger partial charge in [-0.3, -0.25) is 4.79 Å². The summed E-state index contributed by atoms with van der Waals surface area (Å²) in [7, 11) is 0. The summed E-state index contributed by atoms with van der Waals surface area (Å²) >= 11 is 3.29. The number of Topliss-reactive ketones (excluding diaryl/α,β-unsaturated/α-hetero) is 1. The largest absolute Gasteiger partial charge is 0.293 e. The molecule has 0 aromatic heterocycles. The van der Waals surface area contributed by atoms with Gasteiger partial charge >= 0.3 is 0 Å². The fourth-order valence-corrected chi connectivity index (χ4v) is 1.71. The van der Waals surface area contributed by atoms with E-state index in [2.05, 4.69) is 35.0 Å². The SMILES string of the molecule is CCCCc1ccc(C(=O)C(C)Br)cc1. The van der Waals surface area contributed by atoms with Gasteiger partial charge in [-0.25, -0.2) is 0 Å². The van der Waals surface area contributed by atoms with Crippen LogP contribution < -0.4 is 0 Å². The molecule has 1 aromatic rings. The fourth-order valence-electron chi connectivity index (χ4n) is 1.45. The van der Waals surface area contributed by atoms with Gasteiger partial charge in [-0.1, -0.05) is 53.5 Å². The van der Waals surface area contributed by atoms with Crippen LogP contribution in [-0.4, -0.2) is 10.6 Å². The molecule has 82 valence electrons. The van der Waals surface area contributed by atoms with E-state index in [4.69, 9.17) is 0 Å². The van der Waals surface area contributed by atoms with Gasteiger partial charge in [-0.2, -0.15) is 0 Å². The first kappa shape index (κ1) is 12.4. The molecule has 0 fully saturated rings. The molecule has 0 aliphatic carbocycles. The van der Waals surface area contributed by atoms with Crippen molar-refractivity contribution in [2.45, 2.75) is 37.9 Å². The third-order valence-corrected chi connectivity index (χ3v) is 2.83. The van der Waals surface area contributed by atoms with Crippen molar-refractivity contribution in [2.75, 3.05) is 0 Å². The highest BCUT2D eigenvalue weighted by Gasteiger charge is 2.10. The first-order chi connectivity index (χ1) is 7.15. The van der Waals surface area contributed by atoms with Crippen molar-refractivity contribution in [3.63, 3.8) is 0 Å². The van der Waals surface area contributed by atoms with Crippen molar-refractivity contribution in [1.29, 1.82) is 0 Å². The quantitative estimate of drug-likeness (QED) is 0.583. The standard InChI is InChI=1S/C13H17BrO/c1-3-4-5-11-6-8-12(9-7-11)13(15)10(2)14/h6-10H,3-5H2,1-2H3. The van der Waals surface area contributed by atoms with E-state index in [0.717, 1.165) is 12.0 Å². The van der Waals surface area contributed by atoms with Crippen molar-refractivity contribution in [2.24, 2.45) is 0 Å². The molecule has 0 saturated carbocycles. The maximum Gasteiger partial charge on any atom is 0.176 e. The van der Waals surface area contributed by atoms with Gasteiger partial charge in [-0.15, -0.1) is 0 Å². The van der Waals surface area contributed by atoms with E-state index in [9.17, 15) is 4.79 Å². The maximum atomic E-state index is 11.6. The first-order valence-electron chi connectivity index (χ1n) is 5.42. The fraction of sp³-hybridized carbons (Fsp3) is 0.462. The Bertz CT molecular complexity index is 314. The number of unbranched alkanes of at least 4 members (excludes halogenated alkanes) is 1. The monoisotopic (exact) mass is 268 g/mol. The number of carbonyl (C=O) groups is 1. The lowest BCUT2D eigenvalue weighted by atomic mass is 10.0. The summed E-state index contributed by atoms with van der Waals surface area (Å²) in [5.74, 6) is 0.150. The number of carbonyl (C=O) groups excluding carboxylic acids is 1. The lowest BCUT2D eigenvalue weighted by Gasteiger charge is -2.04. The van der Waals surface area contributed by atoms with Crippen LogP contribution in [0, 0.1) is 0 Å². The molecule has 0 bridgehead atoms. The van der Waals surface area contributed by atoms with Crippen LogP contribution in [0.3, 0.4) is 0 Å². The molecule has 1 rings (SSSR count). The third-order valence-electron chi connectivity index (χ3n) is 2.42. The number of hydrogen-bond donors (Lipinski definition) is 0. The minimum atomic E-state index is -0.0982. The molecule has 1 atom stereocenters. The Morgan fingerprint density at radius 3 is 2.40 bits per heavy atom. The third kappa shape index (κ3) is 3.78. The summed E-state index contributed by atoms with van der Waals surface area (Å²) in [6.45, 7) is 4.04. The topological polar surface area (TPSA) is 17.1 Å². The molecular formula is C13H17BrO. The molecule has 0 amide bonds. The second-order valence-corrected chi connectivity index (χ2v) is 5.15. The van der Waals surface area contributed by atoms with Crippen LogP contribution in [0.2, 0.25) is 0 Å². The van der Waals surface area contributed by atoms with E-state index in [-0.39, 0.29) is 10.6 Å². The predicted molar refractivity (Wildman–Crippen MR) is 67.8 cm³/mol. The summed E-state index contributed by atoms with van der Waals surface area (Å²) in [4.78, 5) is 11.5. The van der Waals surface area contributed by atoms with Gasteiger partial charge in [0.1, 0.15) is 0 Å². The molecule has 0 aliphatic heterocycles. The Morgan fingerprint density at radius 2 is 1.93 bits per heavy atom. The van der Waals surface area contributed by atoms with Crippen molar-refractivity contribution in [3.05, 3.63) is 35.4 Å². The van der Waals surface area contributed by atoms with Crippen LogP contribution in [0.15, 0.2) is 24.3 Å². The van der Waals surface area contributed by atoms with Crippen LogP contribution in [0.4, 0.5) is 0 Å². The zero-order valence-corrected chi connectivity index (χ0v) is 10.9. The van der Waals surface area contributed by atoms with Crippen molar-refractivity contribution in [3.8, 4) is 0 Å². The molecule has 0 heterocycles. The smallest absolute Gasteiger partial charge is 0.176 e. The average Bonchev–Trinajstić information content (AvgIpc) is 2.26. The molecular weight excluding hydrogens is 252 g/mol. The van der Waals surface area contributed by atoms with E-state index in [1.165, 1.54) is 18.4 Å². The molecule has 2 heteroatoms. The molecule has 0 N–H and O–H groups in total.